The summed E-state index contributed by atoms with van der Waals surface area (Å²) in [4.78, 5) is 20.0. The molecule has 2 unspecified atom stereocenters. The minimum atomic E-state index is -0.394. The zero-order chi connectivity index (χ0) is 12.4. The van der Waals surface area contributed by atoms with E-state index in [1.54, 1.807) is 0 Å². The molecule has 0 bridgehead atoms. The van der Waals surface area contributed by atoms with Gasteiger partial charge in [0.15, 0.2) is 5.82 Å². The van der Waals surface area contributed by atoms with Crippen molar-refractivity contribution in [3.63, 3.8) is 0 Å². The predicted molar refractivity (Wildman–Crippen MR) is 63.4 cm³/mol. The molecule has 1 aromatic heterocycles. The maximum Gasteiger partial charge on any atom is 0.295 e. The lowest BCUT2D eigenvalue weighted by molar-refractivity contribution is 0.102. The Hall–Kier alpha value is -1.56. The molecule has 1 fully saturated rings. The molecule has 1 aliphatic rings. The summed E-state index contributed by atoms with van der Waals surface area (Å²) in [6, 6.07) is 0. The Balaban J connectivity index is 2.29. The summed E-state index contributed by atoms with van der Waals surface area (Å²) in [6.45, 7) is 3.27. The smallest absolute Gasteiger partial charge is 0.295 e. The van der Waals surface area contributed by atoms with Crippen LogP contribution in [0.2, 0.25) is 0 Å². The van der Waals surface area contributed by atoms with Crippen LogP contribution >= 0.6 is 0 Å². The fraction of sp³-hybridized carbons (Fsp3) is 0.636. The summed E-state index contributed by atoms with van der Waals surface area (Å²) in [5.41, 5.74) is -0.300. The molecule has 2 rings (SSSR count). The second-order valence-electron chi connectivity index (χ2n) is 4.37. The van der Waals surface area contributed by atoms with E-state index < -0.39 is 6.10 Å². The Kier molecular flexibility index (Phi) is 3.33. The van der Waals surface area contributed by atoms with E-state index in [1.165, 1.54) is 13.4 Å². The van der Waals surface area contributed by atoms with Gasteiger partial charge in [-0.2, -0.15) is 0 Å². The van der Waals surface area contributed by atoms with Crippen LogP contribution in [0.15, 0.2) is 11.1 Å². The largest absolute Gasteiger partial charge is 0.489 e. The van der Waals surface area contributed by atoms with Crippen molar-refractivity contribution < 1.29 is 9.84 Å². The van der Waals surface area contributed by atoms with Crippen LogP contribution in [-0.2, 0) is 0 Å². The number of methoxy groups -OCH3 is 1. The zero-order valence-electron chi connectivity index (χ0n) is 10.0. The standard InChI is InChI=1S/C11H17N3O3/c1-7-3-4-14(5-8(7)15)10-9(17-2)11(16)13-6-12-10/h6-8,15H,3-5H2,1-2H3,(H,12,13,16). The Morgan fingerprint density at radius 3 is 3.06 bits per heavy atom. The maximum atomic E-state index is 11.5. The summed E-state index contributed by atoms with van der Waals surface area (Å²) in [6.07, 6.45) is 1.83. The first-order valence-electron chi connectivity index (χ1n) is 5.68. The molecule has 0 aromatic carbocycles. The first-order chi connectivity index (χ1) is 8.13. The van der Waals surface area contributed by atoms with Gasteiger partial charge in [0.2, 0.25) is 5.75 Å². The molecule has 1 saturated heterocycles. The third-order valence-corrected chi connectivity index (χ3v) is 3.21. The lowest BCUT2D eigenvalue weighted by atomic mass is 9.96. The lowest BCUT2D eigenvalue weighted by Gasteiger charge is -2.35. The van der Waals surface area contributed by atoms with Gasteiger partial charge in [0.25, 0.3) is 5.56 Å². The number of piperidine rings is 1. The second kappa shape index (κ2) is 4.75. The van der Waals surface area contributed by atoms with Gasteiger partial charge >= 0.3 is 0 Å². The number of aromatic nitrogens is 2. The summed E-state index contributed by atoms with van der Waals surface area (Å²) in [5.74, 6) is 0.982. The fourth-order valence-corrected chi connectivity index (χ4v) is 2.03. The molecular formula is C11H17N3O3. The molecule has 0 saturated carbocycles. The Labute approximate surface area is 99.2 Å². The number of β-amino-alcohol motifs (C(OH)–C–C–N with tert-alkyl or cyclic N) is 1. The van der Waals surface area contributed by atoms with Gasteiger partial charge in [-0.15, -0.1) is 0 Å². The molecule has 0 radical (unpaired) electrons. The Bertz CT molecular complexity index is 446. The average Bonchev–Trinajstić information content (AvgIpc) is 2.32. The minimum absolute atomic E-state index is 0.203. The van der Waals surface area contributed by atoms with Crippen LogP contribution in [0.1, 0.15) is 13.3 Å². The fourth-order valence-electron chi connectivity index (χ4n) is 2.03. The van der Waals surface area contributed by atoms with Crippen molar-refractivity contribution in [1.29, 1.82) is 0 Å². The summed E-state index contributed by atoms with van der Waals surface area (Å²) in [5, 5.41) is 9.85. The number of H-pyrrole nitrogens is 1. The van der Waals surface area contributed by atoms with Gasteiger partial charge < -0.3 is 19.7 Å². The molecule has 1 aliphatic heterocycles. The quantitative estimate of drug-likeness (QED) is 0.758. The number of aliphatic hydroxyl groups is 1. The van der Waals surface area contributed by atoms with Crippen LogP contribution in [-0.4, -0.2) is 41.4 Å². The molecule has 0 spiro atoms. The Morgan fingerprint density at radius 1 is 1.65 bits per heavy atom. The van der Waals surface area contributed by atoms with E-state index in [4.69, 9.17) is 4.74 Å². The highest BCUT2D eigenvalue weighted by Gasteiger charge is 2.27. The van der Waals surface area contributed by atoms with E-state index in [1.807, 2.05) is 11.8 Å². The number of rotatable bonds is 2. The summed E-state index contributed by atoms with van der Waals surface area (Å²) in [7, 11) is 1.44. The van der Waals surface area contributed by atoms with Crippen molar-refractivity contribution in [2.24, 2.45) is 5.92 Å². The molecule has 2 atom stereocenters. The molecule has 2 N–H and O–H groups in total. The van der Waals surface area contributed by atoms with Gasteiger partial charge in [0.05, 0.1) is 19.5 Å². The number of nitrogens with one attached hydrogen (secondary N) is 1. The minimum Gasteiger partial charge on any atom is -0.489 e. The van der Waals surface area contributed by atoms with Crippen molar-refractivity contribution in [3.8, 4) is 5.75 Å². The van der Waals surface area contributed by atoms with Crippen molar-refractivity contribution in [2.75, 3.05) is 25.1 Å². The zero-order valence-corrected chi connectivity index (χ0v) is 10.0. The molecule has 2 heterocycles. The van der Waals surface area contributed by atoms with Crippen LogP contribution in [0, 0.1) is 5.92 Å². The number of hydrogen-bond donors (Lipinski definition) is 2. The van der Waals surface area contributed by atoms with E-state index in [0.29, 0.717) is 12.4 Å². The van der Waals surface area contributed by atoms with Gasteiger partial charge in [0.1, 0.15) is 0 Å². The monoisotopic (exact) mass is 239 g/mol. The molecule has 6 nitrogen and oxygen atoms in total. The third kappa shape index (κ3) is 2.26. The predicted octanol–water partition coefficient (Wildman–Crippen LogP) is -0.0144. The number of aliphatic hydroxyl groups excluding tert-OH is 1. The summed E-state index contributed by atoms with van der Waals surface area (Å²) < 4.78 is 5.06. The van der Waals surface area contributed by atoms with E-state index >= 15 is 0 Å². The van der Waals surface area contributed by atoms with Crippen LogP contribution in [0.3, 0.4) is 0 Å². The topological polar surface area (TPSA) is 78.5 Å². The molecule has 0 amide bonds. The molecule has 94 valence electrons. The molecule has 17 heavy (non-hydrogen) atoms. The van der Waals surface area contributed by atoms with Crippen molar-refractivity contribution in [2.45, 2.75) is 19.4 Å². The van der Waals surface area contributed by atoms with E-state index in [-0.39, 0.29) is 17.2 Å². The number of hydrogen-bond acceptors (Lipinski definition) is 5. The van der Waals surface area contributed by atoms with E-state index in [2.05, 4.69) is 9.97 Å². The normalized spacial score (nSPS) is 24.8. The first-order valence-corrected chi connectivity index (χ1v) is 5.68. The molecular weight excluding hydrogens is 222 g/mol. The van der Waals surface area contributed by atoms with Crippen molar-refractivity contribution in [1.82, 2.24) is 9.97 Å². The average molecular weight is 239 g/mol. The van der Waals surface area contributed by atoms with Crippen LogP contribution in [0.4, 0.5) is 5.82 Å². The third-order valence-electron chi connectivity index (χ3n) is 3.21. The number of aromatic amines is 1. The SMILES string of the molecule is COc1c(N2CCC(C)C(O)C2)nc[nH]c1=O. The summed E-state index contributed by atoms with van der Waals surface area (Å²) >= 11 is 0. The van der Waals surface area contributed by atoms with Crippen LogP contribution in [0.5, 0.6) is 5.75 Å². The van der Waals surface area contributed by atoms with Crippen molar-refractivity contribution in [3.05, 3.63) is 16.7 Å². The molecule has 6 heteroatoms. The van der Waals surface area contributed by atoms with Crippen LogP contribution in [0.25, 0.3) is 0 Å². The number of nitrogens with zero attached hydrogens (tertiary/aromatic N) is 2. The highest BCUT2D eigenvalue weighted by molar-refractivity contribution is 5.51. The molecule has 1 aromatic rings. The van der Waals surface area contributed by atoms with Crippen LogP contribution < -0.4 is 15.2 Å². The van der Waals surface area contributed by atoms with Gasteiger partial charge in [-0.3, -0.25) is 4.79 Å². The Morgan fingerprint density at radius 2 is 2.41 bits per heavy atom. The van der Waals surface area contributed by atoms with Crippen molar-refractivity contribution >= 4 is 5.82 Å². The second-order valence-corrected chi connectivity index (χ2v) is 4.37. The first kappa shape index (κ1) is 11.9. The highest BCUT2D eigenvalue weighted by Crippen LogP contribution is 2.26. The highest BCUT2D eigenvalue weighted by atomic mass is 16.5. The van der Waals surface area contributed by atoms with Gasteiger partial charge in [-0.25, -0.2) is 4.98 Å². The molecule has 0 aliphatic carbocycles. The number of anilines is 1. The maximum absolute atomic E-state index is 11.5. The number of ether oxygens (including phenoxy) is 1. The van der Waals surface area contributed by atoms with Gasteiger partial charge in [-0.1, -0.05) is 6.92 Å². The van der Waals surface area contributed by atoms with E-state index in [9.17, 15) is 9.90 Å². The van der Waals surface area contributed by atoms with Gasteiger partial charge in [-0.05, 0) is 12.3 Å². The van der Waals surface area contributed by atoms with E-state index in [0.717, 1.165) is 13.0 Å². The van der Waals surface area contributed by atoms with Gasteiger partial charge in [0, 0.05) is 13.1 Å². The lowest BCUT2D eigenvalue weighted by Crippen LogP contribution is -2.43.